The fourth-order valence-corrected chi connectivity index (χ4v) is 6.55. The molecule has 9 atom stereocenters. The maximum absolute atomic E-state index is 14.2. The number of nitrogens with one attached hydrogen (secondary N) is 7. The van der Waals surface area contributed by atoms with Gasteiger partial charge in [-0.2, -0.15) is 0 Å². The molecule has 1 heterocycles. The van der Waals surface area contributed by atoms with E-state index in [-0.39, 0.29) is 37.5 Å². The number of ketones is 2. The van der Waals surface area contributed by atoms with Gasteiger partial charge in [0.2, 0.25) is 47.1 Å². The number of amides is 8. The highest BCUT2D eigenvalue weighted by Gasteiger charge is 2.40. The van der Waals surface area contributed by atoms with E-state index in [9.17, 15) is 57.8 Å². The van der Waals surface area contributed by atoms with Crippen LogP contribution in [0.2, 0.25) is 0 Å². The number of carbonyl (C=O) groups excluding carboxylic acids is 11. The fraction of sp³-hybridized carbons (Fsp3) is 0.605. The van der Waals surface area contributed by atoms with E-state index in [0.29, 0.717) is 5.56 Å². The Hall–Kier alpha value is -6.25. The summed E-state index contributed by atoms with van der Waals surface area (Å²) in [6, 6.07) is -2.76. The number of benzene rings is 1. The molecule has 1 aromatic carbocycles. The molecule has 1 aliphatic rings. The minimum absolute atomic E-state index is 0.00651. The van der Waals surface area contributed by atoms with Crippen molar-refractivity contribution in [1.29, 1.82) is 0 Å². The number of hydrogen-bond donors (Lipinski definition) is 9. The Labute approximate surface area is 372 Å². The van der Waals surface area contributed by atoms with Gasteiger partial charge < -0.3 is 52.8 Å². The molecule has 8 amide bonds. The number of aliphatic hydroxyl groups excluding tert-OH is 1. The van der Waals surface area contributed by atoms with Crippen LogP contribution >= 0.6 is 0 Å². The highest BCUT2D eigenvalue weighted by Crippen LogP contribution is 2.13. The van der Waals surface area contributed by atoms with E-state index in [2.05, 4.69) is 37.2 Å². The summed E-state index contributed by atoms with van der Waals surface area (Å²) < 4.78 is 5.50. The van der Waals surface area contributed by atoms with Crippen molar-refractivity contribution in [2.24, 2.45) is 23.5 Å². The number of aliphatic hydroxyl groups is 1. The van der Waals surface area contributed by atoms with Gasteiger partial charge in [-0.05, 0) is 56.9 Å². The second kappa shape index (κ2) is 25.1. The number of carbonyl (C=O) groups is 11. The number of hydrogen-bond acceptors (Lipinski definition) is 13. The van der Waals surface area contributed by atoms with Gasteiger partial charge in [0.1, 0.15) is 42.4 Å². The van der Waals surface area contributed by atoms with Crippen LogP contribution in [0.25, 0.3) is 0 Å². The van der Waals surface area contributed by atoms with Gasteiger partial charge in [0, 0.05) is 12.8 Å². The number of ether oxygens (including phenoxy) is 1. The van der Waals surface area contributed by atoms with Crippen molar-refractivity contribution in [1.82, 2.24) is 37.2 Å². The standard InChI is InChI=1S/C43H64N8O13/c1-20(2)15-27-35(55)36(56)42(62)49-28(16-21(3)4)38(58)48-30(19-31(44)53)37(57)45-23(7)43(63)64-25(9)34(41(61)47-27)51-40(60)33(24(8)52)50-39(59)29(46-32(54)17-22(5)6)18-26-13-11-10-12-14-26/h10-14,20-25,27-30,33-34,52H,15-19H2,1-9H3,(H2,44,53)(H,45,57)(H,46,54)(H,47,61)(H,48,58)(H,49,62)(H,50,59)(H,51,60)/t23-,24?,25?,27?,28+,29+,30+,33+,34+/m1/s1. The molecule has 64 heavy (non-hydrogen) atoms. The van der Waals surface area contributed by atoms with Crippen LogP contribution in [0.3, 0.4) is 0 Å². The highest BCUT2D eigenvalue weighted by molar-refractivity contribution is 6.64. The molecular formula is C43H64N8O13. The van der Waals surface area contributed by atoms with Gasteiger partial charge in [0.25, 0.3) is 11.7 Å². The molecule has 1 saturated heterocycles. The summed E-state index contributed by atoms with van der Waals surface area (Å²) in [6.45, 7) is 13.8. The van der Waals surface area contributed by atoms with E-state index in [1.165, 1.54) is 13.8 Å². The molecule has 0 saturated carbocycles. The van der Waals surface area contributed by atoms with E-state index < -0.39 is 132 Å². The Morgan fingerprint density at radius 3 is 1.83 bits per heavy atom. The smallest absolute Gasteiger partial charge is 0.328 e. The van der Waals surface area contributed by atoms with Crippen molar-refractivity contribution in [2.75, 3.05) is 0 Å². The van der Waals surface area contributed by atoms with Crippen molar-refractivity contribution in [3.8, 4) is 0 Å². The predicted octanol–water partition coefficient (Wildman–Crippen LogP) is -1.88. The van der Waals surface area contributed by atoms with E-state index in [0.717, 1.165) is 6.92 Å². The Balaban J connectivity index is 2.63. The molecule has 2 rings (SSSR count). The number of Topliss-reactive ketones (excluding diaryl/α,β-unsaturated/α-hetero) is 2. The molecule has 1 aromatic rings. The van der Waals surface area contributed by atoms with Gasteiger partial charge in [0.05, 0.1) is 18.6 Å². The lowest BCUT2D eigenvalue weighted by atomic mass is 9.96. The van der Waals surface area contributed by atoms with Crippen LogP contribution in [0, 0.1) is 17.8 Å². The Morgan fingerprint density at radius 2 is 1.28 bits per heavy atom. The van der Waals surface area contributed by atoms with Crippen LogP contribution in [0.15, 0.2) is 30.3 Å². The fourth-order valence-electron chi connectivity index (χ4n) is 6.55. The first-order valence-electron chi connectivity index (χ1n) is 21.2. The van der Waals surface area contributed by atoms with Gasteiger partial charge >= 0.3 is 5.97 Å². The predicted molar refractivity (Wildman–Crippen MR) is 229 cm³/mol. The van der Waals surface area contributed by atoms with Gasteiger partial charge in [-0.3, -0.25) is 47.9 Å². The van der Waals surface area contributed by atoms with E-state index in [1.54, 1.807) is 58.0 Å². The number of rotatable bonds is 16. The van der Waals surface area contributed by atoms with E-state index >= 15 is 0 Å². The molecule has 354 valence electrons. The summed E-state index contributed by atoms with van der Waals surface area (Å²) in [5, 5.41) is 27.4. The first-order valence-corrected chi connectivity index (χ1v) is 21.2. The summed E-state index contributed by atoms with van der Waals surface area (Å²) in [5.41, 5.74) is 5.99. The van der Waals surface area contributed by atoms with Crippen LogP contribution in [0.4, 0.5) is 0 Å². The molecule has 0 aliphatic carbocycles. The number of esters is 1. The van der Waals surface area contributed by atoms with Gasteiger partial charge in [0.15, 0.2) is 0 Å². The van der Waals surface area contributed by atoms with Crippen molar-refractivity contribution in [2.45, 2.75) is 149 Å². The zero-order valence-electron chi connectivity index (χ0n) is 37.8. The van der Waals surface area contributed by atoms with Crippen molar-refractivity contribution >= 4 is 64.8 Å². The molecule has 10 N–H and O–H groups in total. The summed E-state index contributed by atoms with van der Waals surface area (Å²) in [4.78, 5) is 147. The molecule has 1 aliphatic heterocycles. The van der Waals surface area contributed by atoms with Crippen LogP contribution in [0.1, 0.15) is 93.6 Å². The monoisotopic (exact) mass is 900 g/mol. The van der Waals surface area contributed by atoms with Gasteiger partial charge in [-0.25, -0.2) is 4.79 Å². The normalized spacial score (nSPS) is 23.3. The van der Waals surface area contributed by atoms with Crippen LogP contribution in [-0.2, 0) is 63.9 Å². The van der Waals surface area contributed by atoms with Crippen LogP contribution < -0.4 is 43.0 Å². The number of cyclic esters (lactones) is 1. The zero-order valence-corrected chi connectivity index (χ0v) is 37.8. The van der Waals surface area contributed by atoms with Crippen molar-refractivity contribution in [3.63, 3.8) is 0 Å². The zero-order chi connectivity index (χ0) is 48.6. The summed E-state index contributed by atoms with van der Waals surface area (Å²) in [6.07, 6.45) is -4.31. The third-order valence-corrected chi connectivity index (χ3v) is 9.79. The molecule has 0 aromatic heterocycles. The second-order valence-corrected chi connectivity index (χ2v) is 17.3. The Morgan fingerprint density at radius 1 is 0.719 bits per heavy atom. The average molecular weight is 901 g/mol. The largest absolute Gasteiger partial charge is 0.458 e. The summed E-state index contributed by atoms with van der Waals surface area (Å²) in [5.74, 6) is -13.4. The Bertz CT molecular complexity index is 1890. The van der Waals surface area contributed by atoms with Gasteiger partial charge in [-0.1, -0.05) is 71.9 Å². The molecule has 0 radical (unpaired) electrons. The molecule has 21 nitrogen and oxygen atoms in total. The highest BCUT2D eigenvalue weighted by atomic mass is 16.5. The quantitative estimate of drug-likeness (QED) is 0.0649. The van der Waals surface area contributed by atoms with Crippen molar-refractivity contribution < 1.29 is 62.6 Å². The number of nitrogens with two attached hydrogens (primary N) is 1. The molecule has 3 unspecified atom stereocenters. The van der Waals surface area contributed by atoms with Crippen LogP contribution in [0.5, 0.6) is 0 Å². The van der Waals surface area contributed by atoms with Gasteiger partial charge in [-0.15, -0.1) is 0 Å². The van der Waals surface area contributed by atoms with Crippen molar-refractivity contribution in [3.05, 3.63) is 35.9 Å². The SMILES string of the molecule is CC(C)CC(=O)N[C@@H](Cc1ccccc1)C(=O)N[C@H](C(=O)N[C@@H]1C(=O)NC(CC(C)C)C(=O)C(=O)C(=O)N[C@@H](CC(C)C)C(=O)N[C@@H](CC(N)=O)C(=O)N[C@H](C)C(=O)OC1C)C(C)O. The molecule has 0 spiro atoms. The lowest BCUT2D eigenvalue weighted by Gasteiger charge is -2.31. The summed E-state index contributed by atoms with van der Waals surface area (Å²) >= 11 is 0. The lowest BCUT2D eigenvalue weighted by Crippen LogP contribution is -2.63. The third-order valence-electron chi connectivity index (χ3n) is 9.79. The lowest BCUT2D eigenvalue weighted by molar-refractivity contribution is -0.156. The second-order valence-electron chi connectivity index (χ2n) is 17.3. The maximum Gasteiger partial charge on any atom is 0.328 e. The minimum atomic E-state index is -1.94. The summed E-state index contributed by atoms with van der Waals surface area (Å²) in [7, 11) is 0. The maximum atomic E-state index is 14.2. The molecule has 1 fully saturated rings. The molecule has 0 bridgehead atoms. The topological polar surface area (TPSA) is 327 Å². The molecule has 21 heteroatoms. The van der Waals surface area contributed by atoms with E-state index in [4.69, 9.17) is 10.5 Å². The first-order chi connectivity index (χ1) is 29.8. The third kappa shape index (κ3) is 17.5. The average Bonchev–Trinajstić information content (AvgIpc) is 3.18. The molecular weight excluding hydrogens is 837 g/mol. The first kappa shape index (κ1) is 53.9. The Kier molecular flexibility index (Phi) is 21.2. The van der Waals surface area contributed by atoms with E-state index in [1.807, 2.05) is 13.8 Å². The van der Waals surface area contributed by atoms with Crippen LogP contribution in [-0.4, -0.2) is 124 Å². The minimum Gasteiger partial charge on any atom is -0.458 e. The number of primary amides is 1.